The van der Waals surface area contributed by atoms with Crippen LogP contribution in [0.4, 0.5) is 11.4 Å². The van der Waals surface area contributed by atoms with E-state index in [4.69, 9.17) is 10.5 Å². The molecule has 0 saturated carbocycles. The number of sulfonamides is 1. The van der Waals surface area contributed by atoms with E-state index in [0.717, 1.165) is 19.4 Å². The Hall–Kier alpha value is -1.31. The lowest BCUT2D eigenvalue weighted by atomic mass is 10.0. The minimum absolute atomic E-state index is 0.219. The molecule has 1 unspecified atom stereocenters. The van der Waals surface area contributed by atoms with Gasteiger partial charge in [-0.3, -0.25) is 0 Å². The number of hydrogen-bond acceptors (Lipinski definition) is 5. The van der Waals surface area contributed by atoms with Crippen LogP contribution in [0.5, 0.6) is 0 Å². The Kier molecular flexibility index (Phi) is 4.46. The highest BCUT2D eigenvalue weighted by atomic mass is 32.2. The van der Waals surface area contributed by atoms with Gasteiger partial charge in [-0.1, -0.05) is 0 Å². The summed E-state index contributed by atoms with van der Waals surface area (Å²) >= 11 is 0. The highest BCUT2D eigenvalue weighted by Gasteiger charge is 2.29. The summed E-state index contributed by atoms with van der Waals surface area (Å²) in [5, 5.41) is 3.21. The third-order valence-electron chi connectivity index (χ3n) is 3.76. The summed E-state index contributed by atoms with van der Waals surface area (Å²) in [4.78, 5) is 0.224. The fraction of sp³-hybridized carbons (Fsp3) is 0.571. The van der Waals surface area contributed by atoms with Crippen LogP contribution in [0, 0.1) is 0 Å². The van der Waals surface area contributed by atoms with Gasteiger partial charge >= 0.3 is 0 Å². The van der Waals surface area contributed by atoms with E-state index in [9.17, 15) is 8.42 Å². The summed E-state index contributed by atoms with van der Waals surface area (Å²) in [6.45, 7) is 3.41. The average Bonchev–Trinajstić information content (AvgIpc) is 2.85. The van der Waals surface area contributed by atoms with Gasteiger partial charge in [-0.15, -0.1) is 0 Å². The minimum Gasteiger partial charge on any atom is -0.397 e. The van der Waals surface area contributed by atoms with E-state index in [1.54, 1.807) is 12.1 Å². The van der Waals surface area contributed by atoms with Gasteiger partial charge in [0.25, 0.3) is 0 Å². The first-order valence-electron chi connectivity index (χ1n) is 6.94. The molecular formula is C14H23N3O3S. The topological polar surface area (TPSA) is 84.7 Å². The second-order valence-corrected chi connectivity index (χ2v) is 7.94. The molecule has 1 aliphatic rings. The fourth-order valence-electron chi connectivity index (χ4n) is 2.32. The number of rotatable bonds is 5. The molecule has 1 atom stereocenters. The predicted octanol–water partition coefficient (Wildman–Crippen LogP) is 1.50. The van der Waals surface area contributed by atoms with Crippen LogP contribution in [0.25, 0.3) is 0 Å². The number of anilines is 2. The van der Waals surface area contributed by atoms with Crippen molar-refractivity contribution in [2.24, 2.45) is 0 Å². The summed E-state index contributed by atoms with van der Waals surface area (Å²) in [5.41, 5.74) is 6.85. The maximum atomic E-state index is 12.2. The van der Waals surface area contributed by atoms with Crippen molar-refractivity contribution in [3.63, 3.8) is 0 Å². The molecule has 1 aromatic carbocycles. The van der Waals surface area contributed by atoms with Crippen molar-refractivity contribution in [1.82, 2.24) is 4.31 Å². The number of nitrogens with zero attached hydrogens (tertiary/aromatic N) is 1. The molecule has 2 rings (SSSR count). The molecule has 0 aromatic heterocycles. The number of hydrogen-bond donors (Lipinski definition) is 2. The smallest absolute Gasteiger partial charge is 0.242 e. The molecule has 0 aliphatic carbocycles. The number of ether oxygens (including phenoxy) is 1. The molecule has 0 spiro atoms. The highest BCUT2D eigenvalue weighted by Crippen LogP contribution is 2.28. The molecule has 1 aliphatic heterocycles. The van der Waals surface area contributed by atoms with Crippen molar-refractivity contribution >= 4 is 21.4 Å². The molecule has 0 radical (unpaired) electrons. The van der Waals surface area contributed by atoms with E-state index < -0.39 is 10.0 Å². The van der Waals surface area contributed by atoms with Crippen molar-refractivity contribution in [3.05, 3.63) is 18.2 Å². The standard InChI is InChI=1S/C14H23N3O3S/c1-14(7-4-8-20-14)10-16-13-9-11(5-6-12(13)15)21(18,19)17(2)3/h5-6,9,16H,4,7-8,10,15H2,1-3H3. The van der Waals surface area contributed by atoms with Crippen LogP contribution in [0.1, 0.15) is 19.8 Å². The average molecular weight is 313 g/mol. The van der Waals surface area contributed by atoms with Crippen LogP contribution in [-0.4, -0.2) is 45.6 Å². The van der Waals surface area contributed by atoms with Gasteiger partial charge in [0.15, 0.2) is 0 Å². The number of nitrogens with one attached hydrogen (secondary N) is 1. The number of nitrogen functional groups attached to an aromatic ring is 1. The van der Waals surface area contributed by atoms with Crippen molar-refractivity contribution in [2.75, 3.05) is 38.3 Å². The van der Waals surface area contributed by atoms with Gasteiger partial charge in [0, 0.05) is 27.2 Å². The Bertz CT molecular complexity index is 608. The molecule has 1 saturated heterocycles. The first-order valence-corrected chi connectivity index (χ1v) is 8.38. The minimum atomic E-state index is -3.46. The second kappa shape index (κ2) is 5.82. The van der Waals surface area contributed by atoms with E-state index in [0.29, 0.717) is 17.9 Å². The summed E-state index contributed by atoms with van der Waals surface area (Å²) in [6.07, 6.45) is 2.03. The summed E-state index contributed by atoms with van der Waals surface area (Å²) in [5.74, 6) is 0. The zero-order valence-corrected chi connectivity index (χ0v) is 13.5. The van der Waals surface area contributed by atoms with E-state index in [-0.39, 0.29) is 10.5 Å². The van der Waals surface area contributed by atoms with E-state index >= 15 is 0 Å². The van der Waals surface area contributed by atoms with Gasteiger partial charge in [0.2, 0.25) is 10.0 Å². The van der Waals surface area contributed by atoms with Gasteiger partial charge in [-0.2, -0.15) is 0 Å². The molecular weight excluding hydrogens is 290 g/mol. The summed E-state index contributed by atoms with van der Waals surface area (Å²) in [6, 6.07) is 4.70. The molecule has 0 bridgehead atoms. The molecule has 1 fully saturated rings. The van der Waals surface area contributed by atoms with Crippen molar-refractivity contribution in [3.8, 4) is 0 Å². The SMILES string of the molecule is CN(C)S(=O)(=O)c1ccc(N)c(NCC2(C)CCCO2)c1. The molecule has 1 heterocycles. The molecule has 21 heavy (non-hydrogen) atoms. The van der Waals surface area contributed by atoms with Crippen LogP contribution >= 0.6 is 0 Å². The van der Waals surface area contributed by atoms with E-state index in [1.165, 1.54) is 24.5 Å². The van der Waals surface area contributed by atoms with Crippen molar-refractivity contribution in [2.45, 2.75) is 30.3 Å². The van der Waals surface area contributed by atoms with E-state index in [1.807, 2.05) is 6.92 Å². The van der Waals surface area contributed by atoms with Crippen molar-refractivity contribution in [1.29, 1.82) is 0 Å². The third-order valence-corrected chi connectivity index (χ3v) is 5.57. The Morgan fingerprint density at radius 2 is 2.14 bits per heavy atom. The van der Waals surface area contributed by atoms with Gasteiger partial charge in [0.1, 0.15) is 0 Å². The Balaban J connectivity index is 2.20. The zero-order valence-electron chi connectivity index (χ0n) is 12.7. The Labute approximate surface area is 126 Å². The maximum absolute atomic E-state index is 12.2. The quantitative estimate of drug-likeness (QED) is 0.805. The lowest BCUT2D eigenvalue weighted by molar-refractivity contribution is 0.0315. The van der Waals surface area contributed by atoms with Gasteiger partial charge < -0.3 is 15.8 Å². The van der Waals surface area contributed by atoms with Crippen LogP contribution in [0.3, 0.4) is 0 Å². The van der Waals surface area contributed by atoms with Gasteiger partial charge in [-0.25, -0.2) is 12.7 Å². The fourth-order valence-corrected chi connectivity index (χ4v) is 3.25. The van der Waals surface area contributed by atoms with Gasteiger partial charge in [0.05, 0.1) is 21.9 Å². The molecule has 7 heteroatoms. The lowest BCUT2D eigenvalue weighted by Gasteiger charge is -2.24. The Morgan fingerprint density at radius 1 is 1.43 bits per heavy atom. The molecule has 0 amide bonds. The Morgan fingerprint density at radius 3 is 2.71 bits per heavy atom. The van der Waals surface area contributed by atoms with Crippen LogP contribution in [0.15, 0.2) is 23.1 Å². The second-order valence-electron chi connectivity index (χ2n) is 5.79. The monoisotopic (exact) mass is 313 g/mol. The van der Waals surface area contributed by atoms with E-state index in [2.05, 4.69) is 5.32 Å². The predicted molar refractivity (Wildman–Crippen MR) is 83.8 cm³/mol. The molecule has 118 valence electrons. The molecule has 1 aromatic rings. The van der Waals surface area contributed by atoms with Crippen LogP contribution in [0.2, 0.25) is 0 Å². The first kappa shape index (κ1) is 16.1. The molecule has 6 nitrogen and oxygen atoms in total. The maximum Gasteiger partial charge on any atom is 0.242 e. The normalized spacial score (nSPS) is 22.7. The summed E-state index contributed by atoms with van der Waals surface area (Å²) < 4.78 is 31.2. The number of nitrogens with two attached hydrogens (primary N) is 1. The zero-order chi connectivity index (χ0) is 15.7. The lowest BCUT2D eigenvalue weighted by Crippen LogP contribution is -2.32. The van der Waals surface area contributed by atoms with Gasteiger partial charge in [-0.05, 0) is 38.0 Å². The largest absolute Gasteiger partial charge is 0.397 e. The number of benzene rings is 1. The highest BCUT2D eigenvalue weighted by molar-refractivity contribution is 7.89. The first-order chi connectivity index (χ1) is 9.74. The third kappa shape index (κ3) is 3.48. The van der Waals surface area contributed by atoms with Crippen molar-refractivity contribution < 1.29 is 13.2 Å². The summed E-state index contributed by atoms with van der Waals surface area (Å²) in [7, 11) is -0.450. The van der Waals surface area contributed by atoms with Crippen LogP contribution < -0.4 is 11.1 Å². The van der Waals surface area contributed by atoms with Crippen LogP contribution in [-0.2, 0) is 14.8 Å². The molecule has 3 N–H and O–H groups in total.